The highest BCUT2D eigenvalue weighted by Crippen LogP contribution is 2.15. The van der Waals surface area contributed by atoms with E-state index >= 15 is 0 Å². The Balaban J connectivity index is 2.03. The smallest absolute Gasteiger partial charge is 0.297 e. The first-order chi connectivity index (χ1) is 7.29. The standard InChI is InChI=1S/C10H18N4O/c1-13-3-2-4-14(6-5-13)10-12-9(7-11)8-15-10/h8H,2-7,11H2,1H3. The lowest BCUT2D eigenvalue weighted by atomic mass is 10.4. The SMILES string of the molecule is CN1CCCN(c2nc(CN)co2)CC1. The Morgan fingerprint density at radius 1 is 1.40 bits per heavy atom. The first-order valence-corrected chi connectivity index (χ1v) is 5.37. The first kappa shape index (κ1) is 10.4. The fourth-order valence-corrected chi connectivity index (χ4v) is 1.77. The van der Waals surface area contributed by atoms with Gasteiger partial charge in [0.1, 0.15) is 6.26 Å². The Kier molecular flexibility index (Phi) is 3.23. The lowest BCUT2D eigenvalue weighted by molar-refractivity contribution is 0.359. The summed E-state index contributed by atoms with van der Waals surface area (Å²) in [6.07, 6.45) is 2.79. The Morgan fingerprint density at radius 2 is 2.27 bits per heavy atom. The zero-order valence-electron chi connectivity index (χ0n) is 9.15. The van der Waals surface area contributed by atoms with Crippen LogP contribution in [-0.2, 0) is 6.54 Å². The van der Waals surface area contributed by atoms with Gasteiger partial charge in [0.25, 0.3) is 6.01 Å². The van der Waals surface area contributed by atoms with E-state index in [0.717, 1.165) is 38.3 Å². The molecule has 0 saturated carbocycles. The summed E-state index contributed by atoms with van der Waals surface area (Å²) in [5.74, 6) is 0. The number of likely N-dealkylation sites (N-methyl/N-ethyl adjacent to an activating group) is 1. The normalized spacial score (nSPS) is 19.2. The van der Waals surface area contributed by atoms with Gasteiger partial charge in [0.15, 0.2) is 0 Å². The van der Waals surface area contributed by atoms with Gasteiger partial charge in [-0.25, -0.2) is 0 Å². The van der Waals surface area contributed by atoms with Crippen molar-refractivity contribution in [1.29, 1.82) is 0 Å². The van der Waals surface area contributed by atoms with Crippen LogP contribution in [0.25, 0.3) is 0 Å². The van der Waals surface area contributed by atoms with Crippen LogP contribution < -0.4 is 10.6 Å². The molecular formula is C10H18N4O. The van der Waals surface area contributed by atoms with E-state index in [-0.39, 0.29) is 0 Å². The van der Waals surface area contributed by atoms with Gasteiger partial charge in [-0.15, -0.1) is 0 Å². The number of nitrogens with zero attached hydrogens (tertiary/aromatic N) is 3. The molecule has 5 heteroatoms. The molecular weight excluding hydrogens is 192 g/mol. The molecule has 0 atom stereocenters. The highest BCUT2D eigenvalue weighted by molar-refractivity contribution is 5.27. The minimum Gasteiger partial charge on any atom is -0.432 e. The summed E-state index contributed by atoms with van der Waals surface area (Å²) in [5.41, 5.74) is 6.32. The second-order valence-corrected chi connectivity index (χ2v) is 3.97. The summed E-state index contributed by atoms with van der Waals surface area (Å²) in [5, 5.41) is 0. The quantitative estimate of drug-likeness (QED) is 0.759. The third-order valence-corrected chi connectivity index (χ3v) is 2.74. The summed E-state index contributed by atoms with van der Waals surface area (Å²) in [4.78, 5) is 8.84. The van der Waals surface area contributed by atoms with E-state index in [4.69, 9.17) is 10.2 Å². The number of hydrogen-bond acceptors (Lipinski definition) is 5. The molecule has 0 bridgehead atoms. The van der Waals surface area contributed by atoms with E-state index in [1.165, 1.54) is 0 Å². The maximum Gasteiger partial charge on any atom is 0.297 e. The molecule has 1 aromatic rings. The summed E-state index contributed by atoms with van der Waals surface area (Å²) in [6.45, 7) is 4.62. The van der Waals surface area contributed by atoms with Gasteiger partial charge in [-0.05, 0) is 20.0 Å². The molecule has 0 amide bonds. The maximum absolute atomic E-state index is 5.50. The summed E-state index contributed by atoms with van der Waals surface area (Å²) >= 11 is 0. The predicted octanol–water partition coefficient (Wildman–Crippen LogP) is 0.275. The van der Waals surface area contributed by atoms with Gasteiger partial charge in [0.2, 0.25) is 0 Å². The molecule has 1 aliphatic rings. The van der Waals surface area contributed by atoms with Crippen molar-refractivity contribution in [3.05, 3.63) is 12.0 Å². The molecule has 15 heavy (non-hydrogen) atoms. The summed E-state index contributed by atoms with van der Waals surface area (Å²) < 4.78 is 5.40. The monoisotopic (exact) mass is 210 g/mol. The average molecular weight is 210 g/mol. The van der Waals surface area contributed by atoms with Crippen LogP contribution in [0.15, 0.2) is 10.7 Å². The molecule has 0 radical (unpaired) electrons. The zero-order chi connectivity index (χ0) is 10.7. The lowest BCUT2D eigenvalue weighted by Gasteiger charge is -2.17. The van der Waals surface area contributed by atoms with E-state index in [9.17, 15) is 0 Å². The molecule has 2 N–H and O–H groups in total. The number of nitrogens with two attached hydrogens (primary N) is 1. The highest BCUT2D eigenvalue weighted by Gasteiger charge is 2.16. The van der Waals surface area contributed by atoms with Crippen molar-refractivity contribution in [3.63, 3.8) is 0 Å². The van der Waals surface area contributed by atoms with Crippen molar-refractivity contribution in [2.45, 2.75) is 13.0 Å². The molecule has 0 unspecified atom stereocenters. The third-order valence-electron chi connectivity index (χ3n) is 2.74. The Bertz CT molecular complexity index is 312. The van der Waals surface area contributed by atoms with Gasteiger partial charge in [-0.3, -0.25) is 0 Å². The summed E-state index contributed by atoms with van der Waals surface area (Å²) in [7, 11) is 2.14. The van der Waals surface area contributed by atoms with Crippen molar-refractivity contribution in [2.75, 3.05) is 38.1 Å². The molecule has 1 aromatic heterocycles. The number of rotatable bonds is 2. The largest absolute Gasteiger partial charge is 0.432 e. The van der Waals surface area contributed by atoms with Gasteiger partial charge < -0.3 is 20.0 Å². The van der Waals surface area contributed by atoms with Crippen LogP contribution in [-0.4, -0.2) is 43.1 Å². The fourth-order valence-electron chi connectivity index (χ4n) is 1.77. The first-order valence-electron chi connectivity index (χ1n) is 5.37. The number of aromatic nitrogens is 1. The van der Waals surface area contributed by atoms with Crippen LogP contribution in [0.2, 0.25) is 0 Å². The molecule has 1 aliphatic heterocycles. The number of oxazole rings is 1. The Labute approximate surface area is 89.9 Å². The molecule has 0 spiro atoms. The van der Waals surface area contributed by atoms with Crippen molar-refractivity contribution >= 4 is 6.01 Å². The van der Waals surface area contributed by atoms with Gasteiger partial charge in [-0.2, -0.15) is 4.98 Å². The van der Waals surface area contributed by atoms with Crippen LogP contribution >= 0.6 is 0 Å². The Hall–Kier alpha value is -1.07. The molecule has 0 aliphatic carbocycles. The van der Waals surface area contributed by atoms with E-state index in [1.807, 2.05) is 0 Å². The van der Waals surface area contributed by atoms with Crippen LogP contribution in [0.1, 0.15) is 12.1 Å². The predicted molar refractivity (Wildman–Crippen MR) is 58.7 cm³/mol. The van der Waals surface area contributed by atoms with Crippen LogP contribution in [0, 0.1) is 0 Å². The minimum absolute atomic E-state index is 0.442. The second kappa shape index (κ2) is 4.63. The van der Waals surface area contributed by atoms with Gasteiger partial charge in [-0.1, -0.05) is 0 Å². The second-order valence-electron chi connectivity index (χ2n) is 3.97. The van der Waals surface area contributed by atoms with Crippen LogP contribution in [0.4, 0.5) is 6.01 Å². The molecule has 0 aromatic carbocycles. The number of hydrogen-bond donors (Lipinski definition) is 1. The minimum atomic E-state index is 0.442. The van der Waals surface area contributed by atoms with Crippen molar-refractivity contribution in [3.8, 4) is 0 Å². The third kappa shape index (κ3) is 2.49. The molecule has 2 heterocycles. The molecule has 84 valence electrons. The van der Waals surface area contributed by atoms with Gasteiger partial charge in [0.05, 0.1) is 5.69 Å². The van der Waals surface area contributed by atoms with Crippen LogP contribution in [0.5, 0.6) is 0 Å². The van der Waals surface area contributed by atoms with Crippen molar-refractivity contribution in [2.24, 2.45) is 5.73 Å². The van der Waals surface area contributed by atoms with E-state index in [2.05, 4.69) is 21.8 Å². The van der Waals surface area contributed by atoms with Crippen LogP contribution in [0.3, 0.4) is 0 Å². The van der Waals surface area contributed by atoms with Gasteiger partial charge >= 0.3 is 0 Å². The summed E-state index contributed by atoms with van der Waals surface area (Å²) in [6, 6.07) is 0.714. The number of anilines is 1. The molecule has 2 rings (SSSR count). The van der Waals surface area contributed by atoms with E-state index in [0.29, 0.717) is 12.6 Å². The van der Waals surface area contributed by atoms with Crippen molar-refractivity contribution < 1.29 is 4.42 Å². The van der Waals surface area contributed by atoms with Crippen molar-refractivity contribution in [1.82, 2.24) is 9.88 Å². The molecule has 1 saturated heterocycles. The van der Waals surface area contributed by atoms with Gasteiger partial charge in [0, 0.05) is 26.2 Å². The average Bonchev–Trinajstić information content (AvgIpc) is 2.62. The van der Waals surface area contributed by atoms with E-state index < -0.39 is 0 Å². The van der Waals surface area contributed by atoms with E-state index in [1.54, 1.807) is 6.26 Å². The molecule has 5 nitrogen and oxygen atoms in total. The molecule has 1 fully saturated rings. The highest BCUT2D eigenvalue weighted by atomic mass is 16.4. The topological polar surface area (TPSA) is 58.5 Å². The maximum atomic E-state index is 5.50. The fraction of sp³-hybridized carbons (Fsp3) is 0.700. The lowest BCUT2D eigenvalue weighted by Crippen LogP contribution is -2.28. The zero-order valence-corrected chi connectivity index (χ0v) is 9.15. The Morgan fingerprint density at radius 3 is 3.00 bits per heavy atom.